The van der Waals surface area contributed by atoms with E-state index >= 15 is 0 Å². The molecule has 4 heteroatoms. The fraction of sp³-hybridized carbons (Fsp3) is 0.611. The number of aryl methyl sites for hydroxylation is 1. The molecule has 4 nitrogen and oxygen atoms in total. The third-order valence-electron chi connectivity index (χ3n) is 4.22. The van der Waals surface area contributed by atoms with Crippen molar-refractivity contribution in [3.63, 3.8) is 0 Å². The second kappa shape index (κ2) is 8.79. The van der Waals surface area contributed by atoms with Gasteiger partial charge in [0.2, 0.25) is 5.91 Å². The molecule has 1 saturated carbocycles. The molecule has 22 heavy (non-hydrogen) atoms. The first-order valence-corrected chi connectivity index (χ1v) is 8.34. The van der Waals surface area contributed by atoms with Gasteiger partial charge in [0.1, 0.15) is 5.75 Å². The quantitative estimate of drug-likeness (QED) is 0.814. The Morgan fingerprint density at radius 1 is 1.32 bits per heavy atom. The predicted molar refractivity (Wildman–Crippen MR) is 86.9 cm³/mol. The Balaban J connectivity index is 1.66. The molecule has 1 fully saturated rings. The Kier molecular flexibility index (Phi) is 6.72. The van der Waals surface area contributed by atoms with Crippen LogP contribution in [0.25, 0.3) is 0 Å². The van der Waals surface area contributed by atoms with Crippen molar-refractivity contribution in [1.29, 1.82) is 0 Å². The summed E-state index contributed by atoms with van der Waals surface area (Å²) in [7, 11) is 0. The number of carbonyl (C=O) groups excluding carboxylic acids is 1. The van der Waals surface area contributed by atoms with Crippen molar-refractivity contribution in [2.24, 2.45) is 5.92 Å². The van der Waals surface area contributed by atoms with E-state index in [0.29, 0.717) is 25.5 Å². The molecule has 0 aliphatic heterocycles. The maximum atomic E-state index is 11.9. The fourth-order valence-corrected chi connectivity index (χ4v) is 2.97. The van der Waals surface area contributed by atoms with Crippen LogP contribution in [0.2, 0.25) is 0 Å². The molecular formula is C18H27NO3. The standard InChI is InChI=1S/C18H27NO3/c1-2-22-17-9-6-14(7-10-17)8-11-18(21)19-13-15-4-3-5-16(20)12-15/h6-7,9-10,15-16,20H,2-5,8,11-13H2,1H3,(H,19,21)/t15-,16+/m0/s1. The summed E-state index contributed by atoms with van der Waals surface area (Å²) in [5, 5.41) is 12.6. The highest BCUT2D eigenvalue weighted by Crippen LogP contribution is 2.23. The Bertz CT molecular complexity index is 458. The molecule has 1 aromatic carbocycles. The van der Waals surface area contributed by atoms with E-state index in [-0.39, 0.29) is 12.0 Å². The minimum absolute atomic E-state index is 0.0916. The number of carbonyl (C=O) groups is 1. The van der Waals surface area contributed by atoms with Crippen molar-refractivity contribution < 1.29 is 14.6 Å². The maximum Gasteiger partial charge on any atom is 0.220 e. The highest BCUT2D eigenvalue weighted by molar-refractivity contribution is 5.76. The zero-order valence-electron chi connectivity index (χ0n) is 13.4. The van der Waals surface area contributed by atoms with Gasteiger partial charge in [-0.2, -0.15) is 0 Å². The molecule has 1 aliphatic rings. The second-order valence-electron chi connectivity index (χ2n) is 6.07. The fourth-order valence-electron chi connectivity index (χ4n) is 2.97. The van der Waals surface area contributed by atoms with Crippen LogP contribution in [-0.2, 0) is 11.2 Å². The first-order chi connectivity index (χ1) is 10.7. The number of rotatable bonds is 7. The van der Waals surface area contributed by atoms with E-state index in [2.05, 4.69) is 5.32 Å². The molecule has 2 atom stereocenters. The summed E-state index contributed by atoms with van der Waals surface area (Å²) in [6.07, 6.45) is 4.96. The maximum absolute atomic E-state index is 11.9. The number of hydrogen-bond acceptors (Lipinski definition) is 3. The van der Waals surface area contributed by atoms with E-state index in [0.717, 1.165) is 43.4 Å². The van der Waals surface area contributed by atoms with Crippen molar-refractivity contribution in [3.05, 3.63) is 29.8 Å². The van der Waals surface area contributed by atoms with E-state index in [4.69, 9.17) is 4.74 Å². The topological polar surface area (TPSA) is 58.6 Å². The minimum atomic E-state index is -0.181. The molecule has 0 radical (unpaired) electrons. The van der Waals surface area contributed by atoms with Crippen molar-refractivity contribution in [2.45, 2.75) is 51.6 Å². The third kappa shape index (κ3) is 5.68. The van der Waals surface area contributed by atoms with Crippen molar-refractivity contribution in [3.8, 4) is 5.75 Å². The van der Waals surface area contributed by atoms with Gasteiger partial charge in [-0.3, -0.25) is 4.79 Å². The Morgan fingerprint density at radius 2 is 2.09 bits per heavy atom. The van der Waals surface area contributed by atoms with Gasteiger partial charge in [-0.05, 0) is 56.2 Å². The lowest BCUT2D eigenvalue weighted by Gasteiger charge is -2.25. The van der Waals surface area contributed by atoms with Gasteiger partial charge in [0.15, 0.2) is 0 Å². The van der Waals surface area contributed by atoms with E-state index in [1.165, 1.54) is 0 Å². The highest BCUT2D eigenvalue weighted by atomic mass is 16.5. The molecule has 1 amide bonds. The molecule has 122 valence electrons. The first-order valence-electron chi connectivity index (χ1n) is 8.34. The van der Waals surface area contributed by atoms with Crippen LogP contribution in [0, 0.1) is 5.92 Å². The van der Waals surface area contributed by atoms with Crippen molar-refractivity contribution >= 4 is 5.91 Å². The molecule has 1 aliphatic carbocycles. The summed E-state index contributed by atoms with van der Waals surface area (Å²) in [5.41, 5.74) is 1.15. The van der Waals surface area contributed by atoms with Gasteiger partial charge < -0.3 is 15.2 Å². The van der Waals surface area contributed by atoms with E-state index in [1.54, 1.807) is 0 Å². The lowest BCUT2D eigenvalue weighted by atomic mass is 9.87. The minimum Gasteiger partial charge on any atom is -0.494 e. The Morgan fingerprint density at radius 3 is 2.77 bits per heavy atom. The van der Waals surface area contributed by atoms with Gasteiger partial charge in [-0.15, -0.1) is 0 Å². The molecule has 0 bridgehead atoms. The smallest absolute Gasteiger partial charge is 0.220 e. The van der Waals surface area contributed by atoms with Gasteiger partial charge >= 0.3 is 0 Å². The average molecular weight is 305 g/mol. The Labute approximate surface area is 132 Å². The molecule has 0 heterocycles. The molecule has 2 N–H and O–H groups in total. The second-order valence-corrected chi connectivity index (χ2v) is 6.07. The van der Waals surface area contributed by atoms with E-state index < -0.39 is 0 Å². The molecule has 0 aromatic heterocycles. The monoisotopic (exact) mass is 305 g/mol. The average Bonchev–Trinajstić information content (AvgIpc) is 2.53. The number of nitrogens with one attached hydrogen (secondary N) is 1. The van der Waals surface area contributed by atoms with Gasteiger partial charge in [-0.25, -0.2) is 0 Å². The van der Waals surface area contributed by atoms with Gasteiger partial charge in [0.05, 0.1) is 12.7 Å². The number of aliphatic hydroxyl groups excluding tert-OH is 1. The van der Waals surface area contributed by atoms with E-state index in [9.17, 15) is 9.90 Å². The van der Waals surface area contributed by atoms with Crippen LogP contribution in [0.1, 0.15) is 44.6 Å². The number of hydrogen-bond donors (Lipinski definition) is 2. The summed E-state index contributed by atoms with van der Waals surface area (Å²) in [6, 6.07) is 7.91. The lowest BCUT2D eigenvalue weighted by Crippen LogP contribution is -2.33. The zero-order chi connectivity index (χ0) is 15.8. The molecule has 1 aromatic rings. The molecule has 0 unspecified atom stereocenters. The van der Waals surface area contributed by atoms with Crippen molar-refractivity contribution in [2.75, 3.05) is 13.2 Å². The number of amides is 1. The normalized spacial score (nSPS) is 21.4. The van der Waals surface area contributed by atoms with Crippen LogP contribution in [0.3, 0.4) is 0 Å². The van der Waals surface area contributed by atoms with Gasteiger partial charge in [0, 0.05) is 13.0 Å². The van der Waals surface area contributed by atoms with Crippen LogP contribution in [-0.4, -0.2) is 30.3 Å². The molecule has 0 spiro atoms. The van der Waals surface area contributed by atoms with E-state index in [1.807, 2.05) is 31.2 Å². The van der Waals surface area contributed by atoms with Crippen LogP contribution in [0.4, 0.5) is 0 Å². The first kappa shape index (κ1) is 16.8. The van der Waals surface area contributed by atoms with Crippen LogP contribution in [0.5, 0.6) is 5.75 Å². The number of ether oxygens (including phenoxy) is 1. The largest absolute Gasteiger partial charge is 0.494 e. The summed E-state index contributed by atoms with van der Waals surface area (Å²) < 4.78 is 5.40. The molecular weight excluding hydrogens is 278 g/mol. The van der Waals surface area contributed by atoms with Gasteiger partial charge in [0.25, 0.3) is 0 Å². The summed E-state index contributed by atoms with van der Waals surface area (Å²) >= 11 is 0. The molecule has 2 rings (SSSR count). The van der Waals surface area contributed by atoms with Gasteiger partial charge in [-0.1, -0.05) is 18.6 Å². The Hall–Kier alpha value is -1.55. The lowest BCUT2D eigenvalue weighted by molar-refractivity contribution is -0.121. The number of aliphatic hydroxyl groups is 1. The van der Waals surface area contributed by atoms with Crippen LogP contribution in [0.15, 0.2) is 24.3 Å². The highest BCUT2D eigenvalue weighted by Gasteiger charge is 2.20. The predicted octanol–water partition coefficient (Wildman–Crippen LogP) is 2.69. The van der Waals surface area contributed by atoms with Crippen molar-refractivity contribution in [1.82, 2.24) is 5.32 Å². The summed E-state index contributed by atoms with van der Waals surface area (Å²) in [4.78, 5) is 11.9. The summed E-state index contributed by atoms with van der Waals surface area (Å²) in [5.74, 6) is 1.39. The zero-order valence-corrected chi connectivity index (χ0v) is 13.4. The SMILES string of the molecule is CCOc1ccc(CCC(=O)NC[C@H]2CCC[C@@H](O)C2)cc1. The number of benzene rings is 1. The van der Waals surface area contributed by atoms with Crippen LogP contribution < -0.4 is 10.1 Å². The molecule has 0 saturated heterocycles. The summed E-state index contributed by atoms with van der Waals surface area (Å²) in [6.45, 7) is 3.32. The van der Waals surface area contributed by atoms with Crippen LogP contribution >= 0.6 is 0 Å². The third-order valence-corrected chi connectivity index (χ3v) is 4.22.